The highest BCUT2D eigenvalue weighted by Gasteiger charge is 2.14. The van der Waals surface area contributed by atoms with E-state index in [0.717, 1.165) is 5.56 Å². The molecule has 0 unspecified atom stereocenters. The normalized spacial score (nSPS) is 10.4. The number of nitrogens with one attached hydrogen (secondary N) is 1. The lowest BCUT2D eigenvalue weighted by Crippen LogP contribution is -2.22. The van der Waals surface area contributed by atoms with Crippen LogP contribution < -0.4 is 5.32 Å². The Bertz CT molecular complexity index is 597. The van der Waals surface area contributed by atoms with E-state index in [1.165, 1.54) is 6.07 Å². The van der Waals surface area contributed by atoms with Crippen LogP contribution in [0.3, 0.4) is 0 Å². The van der Waals surface area contributed by atoms with Gasteiger partial charge >= 0.3 is 5.97 Å². The van der Waals surface area contributed by atoms with Crippen molar-refractivity contribution in [3.8, 4) is 0 Å². The van der Waals surface area contributed by atoms with Crippen LogP contribution >= 0.6 is 0 Å². The van der Waals surface area contributed by atoms with Crippen LogP contribution in [0.25, 0.3) is 0 Å². The Morgan fingerprint density at radius 3 is 2.80 bits per heavy atom. The van der Waals surface area contributed by atoms with Crippen LogP contribution in [0.2, 0.25) is 0 Å². The predicted molar refractivity (Wildman–Crippen MR) is 69.3 cm³/mol. The zero-order chi connectivity index (χ0) is 14.5. The Labute approximate surface area is 115 Å². The van der Waals surface area contributed by atoms with Crippen LogP contribution in [-0.2, 0) is 17.8 Å². The molecular weight excluding hydrogens is 262 g/mol. The van der Waals surface area contributed by atoms with Gasteiger partial charge in [0, 0.05) is 6.42 Å². The average molecular weight is 277 g/mol. The van der Waals surface area contributed by atoms with Gasteiger partial charge in [0.2, 0.25) is 5.91 Å². The molecule has 0 saturated carbocycles. The monoisotopic (exact) mass is 277 g/mol. The van der Waals surface area contributed by atoms with Crippen molar-refractivity contribution in [2.24, 2.45) is 0 Å². The topological polar surface area (TPSA) is 92.7 Å². The smallest absolute Gasteiger partial charge is 0.339 e. The molecule has 0 aliphatic rings. The van der Waals surface area contributed by atoms with Crippen molar-refractivity contribution in [3.63, 3.8) is 0 Å². The maximum Gasteiger partial charge on any atom is 0.339 e. The standard InChI is InChI=1S/C14H15NO5/c1-9-12(14(17)18)6-11(20-9)7-15-13(16)3-2-10-4-5-19-8-10/h4-6,8H,2-3,7H2,1H3,(H,15,16)(H,17,18). The first kappa shape index (κ1) is 13.9. The molecule has 20 heavy (non-hydrogen) atoms. The predicted octanol–water partition coefficient (Wildman–Crippen LogP) is 2.13. The lowest BCUT2D eigenvalue weighted by Gasteiger charge is -2.02. The fourth-order valence-corrected chi connectivity index (χ4v) is 1.81. The molecule has 2 rings (SSSR count). The molecule has 2 N–H and O–H groups in total. The van der Waals surface area contributed by atoms with Crippen LogP contribution in [0, 0.1) is 6.92 Å². The van der Waals surface area contributed by atoms with Gasteiger partial charge in [0.25, 0.3) is 0 Å². The van der Waals surface area contributed by atoms with E-state index in [0.29, 0.717) is 24.4 Å². The van der Waals surface area contributed by atoms with Crippen LogP contribution in [0.4, 0.5) is 0 Å². The Hall–Kier alpha value is -2.50. The molecule has 0 saturated heterocycles. The Kier molecular flexibility index (Phi) is 4.24. The van der Waals surface area contributed by atoms with E-state index in [1.54, 1.807) is 19.5 Å². The largest absolute Gasteiger partial charge is 0.478 e. The molecule has 0 aromatic carbocycles. The van der Waals surface area contributed by atoms with Crippen molar-refractivity contribution in [2.45, 2.75) is 26.3 Å². The van der Waals surface area contributed by atoms with E-state index in [2.05, 4.69) is 5.32 Å². The number of furan rings is 2. The van der Waals surface area contributed by atoms with Crippen molar-refractivity contribution in [2.75, 3.05) is 0 Å². The minimum absolute atomic E-state index is 0.118. The second kappa shape index (κ2) is 6.10. The summed E-state index contributed by atoms with van der Waals surface area (Å²) >= 11 is 0. The van der Waals surface area contributed by atoms with Gasteiger partial charge in [0.15, 0.2) is 0 Å². The number of aryl methyl sites for hydroxylation is 2. The highest BCUT2D eigenvalue weighted by molar-refractivity contribution is 5.88. The first-order valence-electron chi connectivity index (χ1n) is 6.16. The molecule has 0 aliphatic carbocycles. The number of rotatable bonds is 6. The SMILES string of the molecule is Cc1oc(CNC(=O)CCc2ccoc2)cc1C(=O)O. The maximum atomic E-state index is 11.6. The molecule has 6 heteroatoms. The van der Waals surface area contributed by atoms with Crippen LogP contribution in [0.15, 0.2) is 33.5 Å². The summed E-state index contributed by atoms with van der Waals surface area (Å²) in [4.78, 5) is 22.5. The summed E-state index contributed by atoms with van der Waals surface area (Å²) < 4.78 is 10.2. The first-order valence-corrected chi connectivity index (χ1v) is 6.16. The number of amides is 1. The molecule has 1 amide bonds. The summed E-state index contributed by atoms with van der Waals surface area (Å²) in [7, 11) is 0. The molecule has 0 radical (unpaired) electrons. The molecular formula is C14H15NO5. The Morgan fingerprint density at radius 1 is 1.40 bits per heavy atom. The van der Waals surface area contributed by atoms with Gasteiger partial charge in [0.1, 0.15) is 17.1 Å². The molecule has 2 aromatic rings. The number of carboxylic acid groups (broad SMARTS) is 1. The minimum Gasteiger partial charge on any atom is -0.478 e. The lowest BCUT2D eigenvalue weighted by molar-refractivity contribution is -0.121. The summed E-state index contributed by atoms with van der Waals surface area (Å²) in [6.07, 6.45) is 4.10. The number of hydrogen-bond donors (Lipinski definition) is 2. The van der Waals surface area contributed by atoms with Crippen LogP contribution in [0.1, 0.15) is 33.9 Å². The van der Waals surface area contributed by atoms with Gasteiger partial charge in [-0.1, -0.05) is 0 Å². The zero-order valence-electron chi connectivity index (χ0n) is 11.0. The van der Waals surface area contributed by atoms with Crippen molar-refractivity contribution < 1.29 is 23.5 Å². The molecule has 106 valence electrons. The maximum absolute atomic E-state index is 11.6. The van der Waals surface area contributed by atoms with Crippen molar-refractivity contribution in [1.29, 1.82) is 0 Å². The summed E-state index contributed by atoms with van der Waals surface area (Å²) in [5, 5.41) is 11.6. The summed E-state index contributed by atoms with van der Waals surface area (Å²) in [6.45, 7) is 1.76. The molecule has 0 spiro atoms. The number of carbonyl (C=O) groups excluding carboxylic acids is 1. The fraction of sp³-hybridized carbons (Fsp3) is 0.286. The second-order valence-electron chi connectivity index (χ2n) is 4.40. The van der Waals surface area contributed by atoms with Gasteiger partial charge < -0.3 is 19.3 Å². The van der Waals surface area contributed by atoms with Crippen molar-refractivity contribution in [1.82, 2.24) is 5.32 Å². The van der Waals surface area contributed by atoms with Gasteiger partial charge in [-0.25, -0.2) is 4.79 Å². The number of carbonyl (C=O) groups is 2. The highest BCUT2D eigenvalue weighted by atomic mass is 16.4. The van der Waals surface area contributed by atoms with Gasteiger partial charge in [-0.05, 0) is 31.0 Å². The van der Waals surface area contributed by atoms with Gasteiger partial charge in [-0.2, -0.15) is 0 Å². The Morgan fingerprint density at radius 2 is 2.20 bits per heavy atom. The third-order valence-corrected chi connectivity index (χ3v) is 2.88. The molecule has 0 bridgehead atoms. The van der Waals surface area contributed by atoms with E-state index < -0.39 is 5.97 Å². The highest BCUT2D eigenvalue weighted by Crippen LogP contribution is 2.14. The van der Waals surface area contributed by atoms with Gasteiger partial charge in [0.05, 0.1) is 19.1 Å². The van der Waals surface area contributed by atoms with E-state index in [4.69, 9.17) is 13.9 Å². The molecule has 0 aliphatic heterocycles. The van der Waals surface area contributed by atoms with E-state index in [1.807, 2.05) is 6.07 Å². The van der Waals surface area contributed by atoms with Crippen molar-refractivity contribution in [3.05, 3.63) is 47.3 Å². The molecule has 0 fully saturated rings. The first-order chi connectivity index (χ1) is 9.56. The lowest BCUT2D eigenvalue weighted by atomic mass is 10.2. The zero-order valence-corrected chi connectivity index (χ0v) is 11.0. The number of hydrogen-bond acceptors (Lipinski definition) is 4. The molecule has 2 aromatic heterocycles. The third-order valence-electron chi connectivity index (χ3n) is 2.88. The van der Waals surface area contributed by atoms with Crippen LogP contribution in [0.5, 0.6) is 0 Å². The molecule has 6 nitrogen and oxygen atoms in total. The van der Waals surface area contributed by atoms with E-state index in [-0.39, 0.29) is 18.0 Å². The number of aromatic carboxylic acids is 1. The average Bonchev–Trinajstić information content (AvgIpc) is 3.03. The van der Waals surface area contributed by atoms with E-state index in [9.17, 15) is 9.59 Å². The summed E-state index contributed by atoms with van der Waals surface area (Å²) in [5.41, 5.74) is 1.08. The molecule has 2 heterocycles. The van der Waals surface area contributed by atoms with Gasteiger partial charge in [-0.15, -0.1) is 0 Å². The molecule has 0 atom stereocenters. The second-order valence-corrected chi connectivity index (χ2v) is 4.40. The van der Waals surface area contributed by atoms with E-state index >= 15 is 0 Å². The Balaban J connectivity index is 1.81. The van der Waals surface area contributed by atoms with Gasteiger partial charge in [-0.3, -0.25) is 4.79 Å². The summed E-state index contributed by atoms with van der Waals surface area (Å²) in [5.74, 6) is -0.405. The third kappa shape index (κ3) is 3.50. The summed E-state index contributed by atoms with van der Waals surface area (Å²) in [6, 6.07) is 3.23. The quantitative estimate of drug-likeness (QED) is 0.843. The number of carboxylic acids is 1. The minimum atomic E-state index is -1.04. The fourth-order valence-electron chi connectivity index (χ4n) is 1.81. The van der Waals surface area contributed by atoms with Crippen molar-refractivity contribution >= 4 is 11.9 Å². The van der Waals surface area contributed by atoms with Crippen LogP contribution in [-0.4, -0.2) is 17.0 Å².